The molecule has 0 radical (unpaired) electrons. The van der Waals surface area contributed by atoms with Crippen LogP contribution in [0.15, 0.2) is 71.9 Å². The van der Waals surface area contributed by atoms with E-state index in [2.05, 4.69) is 33.9 Å². The number of nitrogens with zero attached hydrogens (tertiary/aromatic N) is 3. The first-order valence-corrected chi connectivity index (χ1v) is 11.1. The molecule has 8 heteroatoms. The summed E-state index contributed by atoms with van der Waals surface area (Å²) in [7, 11) is -3.68. The fourth-order valence-electron chi connectivity index (χ4n) is 3.72. The van der Waals surface area contributed by atoms with Crippen molar-refractivity contribution in [1.29, 1.82) is 0 Å². The van der Waals surface area contributed by atoms with E-state index in [9.17, 15) is 8.42 Å². The van der Waals surface area contributed by atoms with Gasteiger partial charge in [0.25, 0.3) is 10.0 Å². The molecular weight excluding hydrogens is 386 g/mol. The van der Waals surface area contributed by atoms with Gasteiger partial charge in [0, 0.05) is 43.3 Å². The molecule has 152 valence electrons. The number of hydrogen-bond acceptors (Lipinski definition) is 5. The summed E-state index contributed by atoms with van der Waals surface area (Å²) < 4.78 is 30.0. The predicted molar refractivity (Wildman–Crippen MR) is 115 cm³/mol. The van der Waals surface area contributed by atoms with Crippen molar-refractivity contribution in [2.24, 2.45) is 0 Å². The highest BCUT2D eigenvalue weighted by Gasteiger charge is 2.22. The molecule has 0 saturated carbocycles. The topological polar surface area (TPSA) is 79.3 Å². The van der Waals surface area contributed by atoms with Gasteiger partial charge in [-0.1, -0.05) is 6.07 Å². The maximum absolute atomic E-state index is 12.8. The van der Waals surface area contributed by atoms with E-state index in [1.807, 2.05) is 30.5 Å². The minimum absolute atomic E-state index is 0.211. The maximum Gasteiger partial charge on any atom is 0.261 e. The summed E-state index contributed by atoms with van der Waals surface area (Å²) in [5.41, 5.74) is 2.37. The van der Waals surface area contributed by atoms with E-state index in [1.165, 1.54) is 0 Å². The van der Waals surface area contributed by atoms with E-state index in [0.717, 1.165) is 24.5 Å². The van der Waals surface area contributed by atoms with E-state index in [-0.39, 0.29) is 4.90 Å². The van der Waals surface area contributed by atoms with Crippen molar-refractivity contribution in [3.63, 3.8) is 0 Å². The molecule has 2 heterocycles. The van der Waals surface area contributed by atoms with E-state index in [0.29, 0.717) is 17.8 Å². The number of nitrogens with one attached hydrogen (secondary N) is 2. The highest BCUT2D eigenvalue weighted by atomic mass is 32.2. The van der Waals surface area contributed by atoms with Crippen molar-refractivity contribution < 1.29 is 8.42 Å². The Balaban J connectivity index is 1.52. The van der Waals surface area contributed by atoms with E-state index < -0.39 is 10.0 Å². The first-order valence-electron chi connectivity index (χ1n) is 9.65. The molecule has 0 unspecified atom stereocenters. The van der Waals surface area contributed by atoms with Gasteiger partial charge in [-0.05, 0) is 62.4 Å². The molecule has 0 aliphatic carbocycles. The molecule has 1 aliphatic heterocycles. The van der Waals surface area contributed by atoms with Gasteiger partial charge in [-0.15, -0.1) is 0 Å². The predicted octanol–water partition coefficient (Wildman–Crippen LogP) is 2.86. The molecule has 2 aromatic carbocycles. The SMILES string of the molecule is C[C@@H]1CN(c2cccc(NS(=O)(=O)c3ccc(-n4cccn4)cc3)c2)C[C@H](C)N1. The lowest BCUT2D eigenvalue weighted by Gasteiger charge is -2.37. The van der Waals surface area contributed by atoms with Crippen LogP contribution in [0.4, 0.5) is 11.4 Å². The number of sulfonamides is 1. The minimum Gasteiger partial charge on any atom is -0.368 e. The number of hydrogen-bond donors (Lipinski definition) is 2. The van der Waals surface area contributed by atoms with E-state index in [4.69, 9.17) is 0 Å². The Bertz CT molecular complexity index is 1050. The van der Waals surface area contributed by atoms with Crippen molar-refractivity contribution in [3.05, 3.63) is 67.0 Å². The van der Waals surface area contributed by atoms with Crippen LogP contribution in [0.2, 0.25) is 0 Å². The Morgan fingerprint density at radius 1 is 1.00 bits per heavy atom. The number of aromatic nitrogens is 2. The lowest BCUT2D eigenvalue weighted by Crippen LogP contribution is -2.54. The fraction of sp³-hybridized carbons (Fsp3) is 0.286. The zero-order chi connectivity index (χ0) is 20.4. The molecule has 0 bridgehead atoms. The van der Waals surface area contributed by atoms with Crippen molar-refractivity contribution in [1.82, 2.24) is 15.1 Å². The van der Waals surface area contributed by atoms with Gasteiger partial charge in [-0.25, -0.2) is 13.1 Å². The molecule has 7 nitrogen and oxygen atoms in total. The van der Waals surface area contributed by atoms with Crippen LogP contribution in [0.1, 0.15) is 13.8 Å². The Morgan fingerprint density at radius 3 is 2.38 bits per heavy atom. The third-order valence-corrected chi connectivity index (χ3v) is 6.33. The molecule has 2 N–H and O–H groups in total. The molecule has 3 aromatic rings. The van der Waals surface area contributed by atoms with Crippen LogP contribution in [-0.4, -0.2) is 43.4 Å². The van der Waals surface area contributed by atoms with E-state index >= 15 is 0 Å². The van der Waals surface area contributed by atoms with Gasteiger partial charge >= 0.3 is 0 Å². The highest BCUT2D eigenvalue weighted by Crippen LogP contribution is 2.24. The fourth-order valence-corrected chi connectivity index (χ4v) is 4.77. The normalized spacial score (nSPS) is 19.9. The summed E-state index contributed by atoms with van der Waals surface area (Å²) in [6, 6.07) is 16.8. The smallest absolute Gasteiger partial charge is 0.261 e. The van der Waals surface area contributed by atoms with Gasteiger partial charge in [0.15, 0.2) is 0 Å². The molecule has 1 aliphatic rings. The lowest BCUT2D eigenvalue weighted by atomic mass is 10.1. The summed E-state index contributed by atoms with van der Waals surface area (Å²) in [6.45, 7) is 6.08. The molecule has 1 fully saturated rings. The summed E-state index contributed by atoms with van der Waals surface area (Å²) in [5.74, 6) is 0. The van der Waals surface area contributed by atoms with Crippen LogP contribution >= 0.6 is 0 Å². The van der Waals surface area contributed by atoms with Gasteiger partial charge < -0.3 is 10.2 Å². The van der Waals surface area contributed by atoms with Gasteiger partial charge in [0.2, 0.25) is 0 Å². The molecule has 1 saturated heterocycles. The monoisotopic (exact) mass is 411 g/mol. The molecular formula is C21H25N5O2S. The quantitative estimate of drug-likeness (QED) is 0.675. The van der Waals surface area contributed by atoms with Gasteiger partial charge in [0.05, 0.1) is 16.3 Å². The average molecular weight is 412 g/mol. The number of rotatable bonds is 5. The minimum atomic E-state index is -3.68. The molecule has 0 amide bonds. The first kappa shape index (κ1) is 19.5. The van der Waals surface area contributed by atoms with Crippen molar-refractivity contribution in [2.45, 2.75) is 30.8 Å². The molecule has 1 aromatic heterocycles. The Kier molecular flexibility index (Phi) is 5.29. The molecule has 0 spiro atoms. The largest absolute Gasteiger partial charge is 0.368 e. The van der Waals surface area contributed by atoms with Crippen LogP contribution in [0.25, 0.3) is 5.69 Å². The first-order chi connectivity index (χ1) is 13.9. The molecule has 4 rings (SSSR count). The van der Waals surface area contributed by atoms with Gasteiger partial charge in [-0.3, -0.25) is 4.72 Å². The average Bonchev–Trinajstić information content (AvgIpc) is 3.22. The Hall–Kier alpha value is -2.84. The van der Waals surface area contributed by atoms with Crippen molar-refractivity contribution in [3.8, 4) is 5.69 Å². The summed E-state index contributed by atoms with van der Waals surface area (Å²) in [4.78, 5) is 2.49. The highest BCUT2D eigenvalue weighted by molar-refractivity contribution is 7.92. The van der Waals surface area contributed by atoms with Crippen LogP contribution in [-0.2, 0) is 10.0 Å². The zero-order valence-corrected chi connectivity index (χ0v) is 17.3. The zero-order valence-electron chi connectivity index (χ0n) is 16.5. The molecule has 2 atom stereocenters. The second-order valence-electron chi connectivity index (χ2n) is 7.47. The molecule has 29 heavy (non-hydrogen) atoms. The van der Waals surface area contributed by atoms with Crippen molar-refractivity contribution in [2.75, 3.05) is 22.7 Å². The third kappa shape index (κ3) is 4.44. The van der Waals surface area contributed by atoms with Crippen LogP contribution in [0.5, 0.6) is 0 Å². The van der Waals surface area contributed by atoms with Crippen LogP contribution in [0, 0.1) is 0 Å². The second kappa shape index (κ2) is 7.88. The summed E-state index contributed by atoms with van der Waals surface area (Å²) >= 11 is 0. The van der Waals surface area contributed by atoms with Crippen LogP contribution < -0.4 is 14.9 Å². The number of anilines is 2. The van der Waals surface area contributed by atoms with Gasteiger partial charge in [0.1, 0.15) is 0 Å². The Morgan fingerprint density at radius 2 is 1.72 bits per heavy atom. The van der Waals surface area contributed by atoms with Crippen LogP contribution in [0.3, 0.4) is 0 Å². The number of piperazine rings is 1. The maximum atomic E-state index is 12.8. The Labute approximate surface area is 171 Å². The van der Waals surface area contributed by atoms with Crippen molar-refractivity contribution >= 4 is 21.4 Å². The summed E-state index contributed by atoms with van der Waals surface area (Å²) in [5, 5.41) is 7.66. The summed E-state index contributed by atoms with van der Waals surface area (Å²) in [6.07, 6.45) is 3.49. The number of benzene rings is 2. The van der Waals surface area contributed by atoms with Gasteiger partial charge in [-0.2, -0.15) is 5.10 Å². The second-order valence-corrected chi connectivity index (χ2v) is 9.16. The standard InChI is InChI=1S/C21H25N5O2S/c1-16-14-25(15-17(2)23-16)20-6-3-5-18(13-20)24-29(27,28)21-9-7-19(8-10-21)26-12-4-11-22-26/h3-13,16-17,23-24H,14-15H2,1-2H3/t16-,17+. The third-order valence-electron chi connectivity index (χ3n) is 4.94. The van der Waals surface area contributed by atoms with E-state index in [1.54, 1.807) is 41.2 Å². The lowest BCUT2D eigenvalue weighted by molar-refractivity contribution is 0.407.